The van der Waals surface area contributed by atoms with E-state index in [9.17, 15) is 0 Å². The summed E-state index contributed by atoms with van der Waals surface area (Å²) in [5.74, 6) is 7.64. The van der Waals surface area contributed by atoms with Crippen molar-refractivity contribution < 1.29 is 9.84 Å². The summed E-state index contributed by atoms with van der Waals surface area (Å²) in [7, 11) is 3.78. The lowest BCUT2D eigenvalue weighted by molar-refractivity contribution is 0.269. The molecule has 1 rings (SSSR count). The number of hydrogen-bond donors (Lipinski definition) is 1. The van der Waals surface area contributed by atoms with Crippen LogP contribution in [-0.2, 0) is 6.54 Å². The van der Waals surface area contributed by atoms with Gasteiger partial charge in [-0.25, -0.2) is 0 Å². The highest BCUT2D eigenvalue weighted by atomic mass is 32.2. The maximum atomic E-state index is 8.85. The summed E-state index contributed by atoms with van der Waals surface area (Å²) in [6.45, 7) is 2.91. The van der Waals surface area contributed by atoms with Gasteiger partial charge in [0.2, 0.25) is 0 Å². The van der Waals surface area contributed by atoms with Gasteiger partial charge in [-0.3, -0.25) is 4.90 Å². The monoisotopic (exact) mass is 293 g/mol. The van der Waals surface area contributed by atoms with E-state index in [1.165, 1.54) is 0 Å². The molecule has 0 bridgehead atoms. The average molecular weight is 293 g/mol. The van der Waals surface area contributed by atoms with E-state index in [4.69, 9.17) is 9.84 Å². The van der Waals surface area contributed by atoms with E-state index in [1.807, 2.05) is 30.0 Å². The van der Waals surface area contributed by atoms with E-state index < -0.39 is 0 Å². The van der Waals surface area contributed by atoms with Crippen LogP contribution >= 0.6 is 11.8 Å². The smallest absolute Gasteiger partial charge is 0.119 e. The van der Waals surface area contributed by atoms with E-state index in [0.29, 0.717) is 6.04 Å². The summed E-state index contributed by atoms with van der Waals surface area (Å²) in [6, 6.07) is 6.36. The molecule has 0 aliphatic heterocycles. The molecule has 0 heterocycles. The second-order valence-corrected chi connectivity index (χ2v) is 5.61. The van der Waals surface area contributed by atoms with Crippen molar-refractivity contribution in [2.75, 3.05) is 32.8 Å². The maximum Gasteiger partial charge on any atom is 0.119 e. The van der Waals surface area contributed by atoms with Gasteiger partial charge in [-0.1, -0.05) is 11.8 Å². The van der Waals surface area contributed by atoms with Crippen LogP contribution in [0, 0.1) is 11.8 Å². The van der Waals surface area contributed by atoms with E-state index in [-0.39, 0.29) is 6.61 Å². The number of aliphatic hydroxyl groups is 1. The molecule has 3 nitrogen and oxygen atoms in total. The molecule has 0 saturated heterocycles. The molecule has 1 atom stereocenters. The first-order valence-electron chi connectivity index (χ1n) is 6.58. The predicted molar refractivity (Wildman–Crippen MR) is 86.3 cm³/mol. The molecule has 1 N–H and O–H groups in total. The van der Waals surface area contributed by atoms with E-state index in [2.05, 4.69) is 37.0 Å². The van der Waals surface area contributed by atoms with Crippen LogP contribution < -0.4 is 4.74 Å². The van der Waals surface area contributed by atoms with Crippen molar-refractivity contribution >= 4 is 11.8 Å². The number of ether oxygens (including phenoxy) is 1. The molecule has 0 spiro atoms. The Hall–Kier alpha value is -1.15. The third-order valence-electron chi connectivity index (χ3n) is 3.19. The van der Waals surface area contributed by atoms with Gasteiger partial charge in [0, 0.05) is 23.9 Å². The highest BCUT2D eigenvalue weighted by Crippen LogP contribution is 2.19. The zero-order valence-corrected chi connectivity index (χ0v) is 13.5. The van der Waals surface area contributed by atoms with Crippen molar-refractivity contribution in [1.82, 2.24) is 4.90 Å². The Bertz CT molecular complexity index is 479. The van der Waals surface area contributed by atoms with Crippen molar-refractivity contribution in [2.24, 2.45) is 0 Å². The van der Waals surface area contributed by atoms with Crippen LogP contribution in [0.5, 0.6) is 5.75 Å². The first kappa shape index (κ1) is 16.9. The molecule has 110 valence electrons. The number of rotatable bonds is 6. The van der Waals surface area contributed by atoms with Crippen LogP contribution in [0.25, 0.3) is 0 Å². The molecule has 0 saturated carbocycles. The second-order valence-electron chi connectivity index (χ2n) is 4.70. The highest BCUT2D eigenvalue weighted by Gasteiger charge is 2.11. The molecule has 1 unspecified atom stereocenters. The fraction of sp³-hybridized carbons (Fsp3) is 0.500. The fourth-order valence-electron chi connectivity index (χ4n) is 1.88. The number of thioether (sulfide) groups is 1. The van der Waals surface area contributed by atoms with Crippen LogP contribution in [0.2, 0.25) is 0 Å². The molecule has 0 amide bonds. The number of benzene rings is 1. The molecule has 4 heteroatoms. The standard InChI is InChI=1S/C16H23NO2S/c1-13(12-20-4)17(2)11-15-10-16(19-3)8-7-14(15)6-5-9-18/h7-8,10,13,18H,9,11-12H2,1-4H3. The Kier molecular flexibility index (Phi) is 7.53. The number of methoxy groups -OCH3 is 1. The maximum absolute atomic E-state index is 8.85. The summed E-state index contributed by atoms with van der Waals surface area (Å²) >= 11 is 1.85. The Balaban J connectivity index is 2.95. The van der Waals surface area contributed by atoms with E-state index in [0.717, 1.165) is 29.2 Å². The van der Waals surface area contributed by atoms with Crippen molar-refractivity contribution in [1.29, 1.82) is 0 Å². The molecule has 0 fully saturated rings. The van der Waals surface area contributed by atoms with Gasteiger partial charge in [0.25, 0.3) is 0 Å². The third-order valence-corrected chi connectivity index (χ3v) is 4.01. The molecule has 0 aliphatic carbocycles. The summed E-state index contributed by atoms with van der Waals surface area (Å²) in [5, 5.41) is 8.85. The predicted octanol–water partition coefficient (Wildman–Crippen LogP) is 2.22. The van der Waals surface area contributed by atoms with Crippen LogP contribution in [0.15, 0.2) is 18.2 Å². The fourth-order valence-corrected chi connectivity index (χ4v) is 2.61. The Morgan fingerprint density at radius 1 is 1.45 bits per heavy atom. The zero-order valence-electron chi connectivity index (χ0n) is 12.6. The lowest BCUT2D eigenvalue weighted by atomic mass is 10.1. The Morgan fingerprint density at radius 3 is 2.80 bits per heavy atom. The molecule has 0 aliphatic rings. The topological polar surface area (TPSA) is 32.7 Å². The van der Waals surface area contributed by atoms with Crippen molar-refractivity contribution in [3.05, 3.63) is 29.3 Å². The largest absolute Gasteiger partial charge is 0.497 e. The summed E-state index contributed by atoms with van der Waals surface area (Å²) in [6.07, 6.45) is 2.12. The minimum atomic E-state index is -0.121. The van der Waals surface area contributed by atoms with E-state index in [1.54, 1.807) is 7.11 Å². The lowest BCUT2D eigenvalue weighted by Crippen LogP contribution is -2.30. The zero-order chi connectivity index (χ0) is 15.0. The van der Waals surface area contributed by atoms with Crippen molar-refractivity contribution in [2.45, 2.75) is 19.5 Å². The SMILES string of the molecule is COc1ccc(C#CCO)c(CN(C)C(C)CSC)c1. The van der Waals surface area contributed by atoms with Gasteiger partial charge in [0.1, 0.15) is 12.4 Å². The van der Waals surface area contributed by atoms with Crippen molar-refractivity contribution in [3.8, 4) is 17.6 Å². The summed E-state index contributed by atoms with van der Waals surface area (Å²) < 4.78 is 5.28. The van der Waals surface area contributed by atoms with Crippen LogP contribution in [-0.4, -0.2) is 48.8 Å². The normalized spacial score (nSPS) is 11.9. The van der Waals surface area contributed by atoms with Gasteiger partial charge in [-0.05, 0) is 44.0 Å². The number of nitrogens with zero attached hydrogens (tertiary/aromatic N) is 1. The van der Waals surface area contributed by atoms with Gasteiger partial charge >= 0.3 is 0 Å². The van der Waals surface area contributed by atoms with Gasteiger partial charge in [0.05, 0.1) is 7.11 Å². The van der Waals surface area contributed by atoms with E-state index >= 15 is 0 Å². The molecule has 0 aromatic heterocycles. The summed E-state index contributed by atoms with van der Waals surface area (Å²) in [4.78, 5) is 2.30. The minimum absolute atomic E-state index is 0.121. The van der Waals surface area contributed by atoms with Crippen LogP contribution in [0.4, 0.5) is 0 Å². The number of hydrogen-bond acceptors (Lipinski definition) is 4. The van der Waals surface area contributed by atoms with Gasteiger partial charge < -0.3 is 9.84 Å². The lowest BCUT2D eigenvalue weighted by Gasteiger charge is -2.24. The molecule has 1 aromatic rings. The quantitative estimate of drug-likeness (QED) is 0.815. The first-order valence-corrected chi connectivity index (χ1v) is 7.97. The number of aliphatic hydroxyl groups excluding tert-OH is 1. The summed E-state index contributed by atoms with van der Waals surface area (Å²) in [5.41, 5.74) is 2.07. The second kappa shape index (κ2) is 8.91. The van der Waals surface area contributed by atoms with Crippen LogP contribution in [0.1, 0.15) is 18.1 Å². The Labute approximate surface area is 126 Å². The van der Waals surface area contributed by atoms with Gasteiger partial charge in [-0.15, -0.1) is 0 Å². The Morgan fingerprint density at radius 2 is 2.20 bits per heavy atom. The molecular weight excluding hydrogens is 270 g/mol. The first-order chi connectivity index (χ1) is 9.62. The minimum Gasteiger partial charge on any atom is -0.497 e. The molecule has 20 heavy (non-hydrogen) atoms. The average Bonchev–Trinajstić information content (AvgIpc) is 2.46. The van der Waals surface area contributed by atoms with Gasteiger partial charge in [0.15, 0.2) is 0 Å². The van der Waals surface area contributed by atoms with Crippen molar-refractivity contribution in [3.63, 3.8) is 0 Å². The highest BCUT2D eigenvalue weighted by molar-refractivity contribution is 7.98. The van der Waals surface area contributed by atoms with Crippen LogP contribution in [0.3, 0.4) is 0 Å². The van der Waals surface area contributed by atoms with Gasteiger partial charge in [-0.2, -0.15) is 11.8 Å². The molecule has 1 aromatic carbocycles. The molecular formula is C16H23NO2S. The third kappa shape index (κ3) is 5.09. The molecule has 0 radical (unpaired) electrons.